The molecule has 0 fully saturated rings. The maximum atomic E-state index is 11.0. The van der Waals surface area contributed by atoms with Crippen molar-refractivity contribution in [2.24, 2.45) is 0 Å². The maximum absolute atomic E-state index is 11.0. The molecular weight excluding hydrogens is 300 g/mol. The zero-order valence-electron chi connectivity index (χ0n) is 13.4. The van der Waals surface area contributed by atoms with E-state index < -0.39 is 0 Å². The van der Waals surface area contributed by atoms with E-state index in [9.17, 15) is 4.79 Å². The van der Waals surface area contributed by atoms with Gasteiger partial charge in [-0.2, -0.15) is 0 Å². The summed E-state index contributed by atoms with van der Waals surface area (Å²) >= 11 is 5.27. The van der Waals surface area contributed by atoms with Crippen molar-refractivity contribution in [2.45, 2.75) is 32.6 Å². The van der Waals surface area contributed by atoms with Crippen molar-refractivity contribution in [1.29, 1.82) is 0 Å². The van der Waals surface area contributed by atoms with E-state index in [0.717, 1.165) is 42.8 Å². The lowest BCUT2D eigenvalue weighted by atomic mass is 10.2. The van der Waals surface area contributed by atoms with Gasteiger partial charge in [-0.25, -0.2) is 0 Å². The summed E-state index contributed by atoms with van der Waals surface area (Å²) < 4.78 is 9.89. The Morgan fingerprint density at radius 1 is 1.23 bits per heavy atom. The standard InChI is InChI=1S/C16H24N2O3S/c1-12-8-9-14(20-2)13(11-12)18-16(22)17-10-6-4-5-7-15(19)21-3/h8-9,11H,4-7,10H2,1-3H3,(H2,17,18,22). The molecule has 1 aromatic carbocycles. The molecule has 0 aromatic heterocycles. The van der Waals surface area contributed by atoms with Gasteiger partial charge in [0.1, 0.15) is 5.75 Å². The van der Waals surface area contributed by atoms with E-state index in [4.69, 9.17) is 17.0 Å². The van der Waals surface area contributed by atoms with Crippen LogP contribution in [0.15, 0.2) is 18.2 Å². The summed E-state index contributed by atoms with van der Waals surface area (Å²) in [5.41, 5.74) is 1.99. The van der Waals surface area contributed by atoms with Gasteiger partial charge in [0.15, 0.2) is 5.11 Å². The molecule has 0 saturated carbocycles. The molecule has 6 heteroatoms. The zero-order chi connectivity index (χ0) is 16.4. The van der Waals surface area contributed by atoms with Crippen LogP contribution in [0.25, 0.3) is 0 Å². The number of hydrogen-bond donors (Lipinski definition) is 2. The molecule has 0 saturated heterocycles. The van der Waals surface area contributed by atoms with Gasteiger partial charge in [0.2, 0.25) is 0 Å². The highest BCUT2D eigenvalue weighted by Crippen LogP contribution is 2.24. The summed E-state index contributed by atoms with van der Waals surface area (Å²) in [6.07, 6.45) is 3.21. The third-order valence-electron chi connectivity index (χ3n) is 3.17. The van der Waals surface area contributed by atoms with E-state index in [-0.39, 0.29) is 5.97 Å². The molecule has 5 nitrogen and oxygen atoms in total. The Bertz CT molecular complexity index is 506. The lowest BCUT2D eigenvalue weighted by molar-refractivity contribution is -0.140. The fourth-order valence-electron chi connectivity index (χ4n) is 1.96. The van der Waals surface area contributed by atoms with Gasteiger partial charge in [0.05, 0.1) is 19.9 Å². The molecule has 0 aliphatic rings. The van der Waals surface area contributed by atoms with Gasteiger partial charge in [0.25, 0.3) is 0 Å². The van der Waals surface area contributed by atoms with Crippen LogP contribution in [0.5, 0.6) is 5.75 Å². The number of esters is 1. The lowest BCUT2D eigenvalue weighted by Gasteiger charge is -2.14. The van der Waals surface area contributed by atoms with Crippen LogP contribution in [0, 0.1) is 6.92 Å². The molecule has 0 aliphatic carbocycles. The minimum absolute atomic E-state index is 0.156. The summed E-state index contributed by atoms with van der Waals surface area (Å²) in [6.45, 7) is 2.78. The Balaban J connectivity index is 2.26. The maximum Gasteiger partial charge on any atom is 0.305 e. The average Bonchev–Trinajstić information content (AvgIpc) is 2.50. The van der Waals surface area contributed by atoms with Gasteiger partial charge in [-0.15, -0.1) is 0 Å². The van der Waals surface area contributed by atoms with Crippen molar-refractivity contribution in [2.75, 3.05) is 26.1 Å². The van der Waals surface area contributed by atoms with E-state index >= 15 is 0 Å². The number of aryl methyl sites for hydroxylation is 1. The van der Waals surface area contributed by atoms with E-state index in [1.807, 2.05) is 25.1 Å². The molecule has 22 heavy (non-hydrogen) atoms. The summed E-state index contributed by atoms with van der Waals surface area (Å²) in [6, 6.07) is 5.89. The van der Waals surface area contributed by atoms with Gasteiger partial charge >= 0.3 is 5.97 Å². The van der Waals surface area contributed by atoms with Crippen LogP contribution in [0.3, 0.4) is 0 Å². The predicted octanol–water partition coefficient (Wildman–Crippen LogP) is 3.02. The Morgan fingerprint density at radius 3 is 2.68 bits per heavy atom. The lowest BCUT2D eigenvalue weighted by Crippen LogP contribution is -2.29. The molecule has 122 valence electrons. The molecule has 2 N–H and O–H groups in total. The molecule has 0 bridgehead atoms. The van der Waals surface area contributed by atoms with Crippen molar-refractivity contribution < 1.29 is 14.3 Å². The molecule has 0 heterocycles. The van der Waals surface area contributed by atoms with Gasteiger partial charge in [-0.1, -0.05) is 12.5 Å². The van der Waals surface area contributed by atoms with Crippen LogP contribution >= 0.6 is 12.2 Å². The highest BCUT2D eigenvalue weighted by molar-refractivity contribution is 7.80. The molecular formula is C16H24N2O3S. The SMILES string of the molecule is COC(=O)CCCCCNC(=S)Nc1cc(C)ccc1OC. The highest BCUT2D eigenvalue weighted by Gasteiger charge is 2.05. The number of nitrogens with one attached hydrogen (secondary N) is 2. The van der Waals surface area contributed by atoms with E-state index in [1.54, 1.807) is 7.11 Å². The number of carbonyl (C=O) groups is 1. The molecule has 0 amide bonds. The number of thiocarbonyl (C=S) groups is 1. The number of methoxy groups -OCH3 is 2. The third kappa shape index (κ3) is 6.76. The van der Waals surface area contributed by atoms with E-state index in [0.29, 0.717) is 11.5 Å². The minimum Gasteiger partial charge on any atom is -0.495 e. The summed E-state index contributed by atoms with van der Waals surface area (Å²) in [7, 11) is 3.04. The number of carbonyl (C=O) groups excluding carboxylic acids is 1. The summed E-state index contributed by atoms with van der Waals surface area (Å²) in [5, 5.41) is 6.86. The zero-order valence-corrected chi connectivity index (χ0v) is 14.2. The molecule has 0 radical (unpaired) electrons. The largest absolute Gasteiger partial charge is 0.495 e. The molecule has 0 atom stereocenters. The van der Waals surface area contributed by atoms with Crippen LogP contribution < -0.4 is 15.4 Å². The third-order valence-corrected chi connectivity index (χ3v) is 3.42. The molecule has 1 rings (SSSR count). The van der Waals surface area contributed by atoms with Crippen molar-refractivity contribution in [1.82, 2.24) is 5.32 Å². The fraction of sp³-hybridized carbons (Fsp3) is 0.500. The van der Waals surface area contributed by atoms with Crippen molar-refractivity contribution in [3.05, 3.63) is 23.8 Å². The van der Waals surface area contributed by atoms with Crippen LogP contribution in [-0.4, -0.2) is 31.8 Å². The molecule has 1 aromatic rings. The van der Waals surface area contributed by atoms with Gasteiger partial charge in [-0.05, 0) is 49.7 Å². The van der Waals surface area contributed by atoms with Gasteiger partial charge < -0.3 is 20.1 Å². The summed E-state index contributed by atoms with van der Waals surface area (Å²) in [4.78, 5) is 11.0. The number of hydrogen-bond acceptors (Lipinski definition) is 4. The quantitative estimate of drug-likeness (QED) is 0.435. The Kier molecular flexibility index (Phi) is 8.28. The van der Waals surface area contributed by atoms with Gasteiger partial charge in [-0.3, -0.25) is 4.79 Å². The van der Waals surface area contributed by atoms with Crippen molar-refractivity contribution in [3.63, 3.8) is 0 Å². The Labute approximate surface area is 137 Å². The van der Waals surface area contributed by atoms with Crippen LogP contribution in [0.2, 0.25) is 0 Å². The number of unbranched alkanes of at least 4 members (excludes halogenated alkanes) is 2. The summed E-state index contributed by atoms with van der Waals surface area (Å²) in [5.74, 6) is 0.601. The first-order chi connectivity index (χ1) is 10.6. The number of rotatable bonds is 8. The topological polar surface area (TPSA) is 59.6 Å². The number of anilines is 1. The monoisotopic (exact) mass is 324 g/mol. The fourth-order valence-corrected chi connectivity index (χ4v) is 2.17. The first-order valence-corrected chi connectivity index (χ1v) is 7.74. The van der Waals surface area contributed by atoms with Crippen molar-refractivity contribution >= 4 is 29.0 Å². The normalized spacial score (nSPS) is 9.95. The number of ether oxygens (including phenoxy) is 2. The Hall–Kier alpha value is -1.82. The Morgan fingerprint density at radius 2 is 2.00 bits per heavy atom. The molecule has 0 unspecified atom stereocenters. The van der Waals surface area contributed by atoms with Crippen LogP contribution in [0.4, 0.5) is 5.69 Å². The van der Waals surface area contributed by atoms with Crippen LogP contribution in [0.1, 0.15) is 31.2 Å². The number of benzene rings is 1. The second-order valence-electron chi connectivity index (χ2n) is 4.97. The van der Waals surface area contributed by atoms with Crippen molar-refractivity contribution in [3.8, 4) is 5.75 Å². The second-order valence-corrected chi connectivity index (χ2v) is 5.38. The second kappa shape index (κ2) is 10.00. The minimum atomic E-state index is -0.156. The van der Waals surface area contributed by atoms with Crippen LogP contribution in [-0.2, 0) is 9.53 Å². The first kappa shape index (κ1) is 18.2. The van der Waals surface area contributed by atoms with Gasteiger partial charge in [0, 0.05) is 13.0 Å². The van der Waals surface area contributed by atoms with E-state index in [1.165, 1.54) is 7.11 Å². The smallest absolute Gasteiger partial charge is 0.305 e. The van der Waals surface area contributed by atoms with E-state index in [2.05, 4.69) is 15.4 Å². The highest BCUT2D eigenvalue weighted by atomic mass is 32.1. The predicted molar refractivity (Wildman–Crippen MR) is 92.4 cm³/mol. The average molecular weight is 324 g/mol. The first-order valence-electron chi connectivity index (χ1n) is 7.33. The molecule has 0 spiro atoms. The molecule has 0 aliphatic heterocycles.